The molecule has 0 aliphatic heterocycles. The fourth-order valence-corrected chi connectivity index (χ4v) is 4.78. The number of nitrogens with zero attached hydrogens (tertiary/aromatic N) is 1. The molecule has 2 heterocycles. The Hall–Kier alpha value is -3.55. The molecule has 0 atom stereocenters. The first-order valence-electron chi connectivity index (χ1n) is 9.99. The molecule has 4 rings (SSSR count). The molecule has 2 aromatic heterocycles. The molecule has 2 aromatic carbocycles. The maximum atomic E-state index is 13.4. The summed E-state index contributed by atoms with van der Waals surface area (Å²) in [7, 11) is 3.12. The Labute approximate surface area is 189 Å². The number of ketones is 1. The van der Waals surface area contributed by atoms with Crippen LogP contribution in [0, 0.1) is 6.92 Å². The van der Waals surface area contributed by atoms with Gasteiger partial charge >= 0.3 is 0 Å². The summed E-state index contributed by atoms with van der Waals surface area (Å²) in [6, 6.07) is 17.9. The van der Waals surface area contributed by atoms with Crippen LogP contribution in [0.3, 0.4) is 0 Å². The maximum absolute atomic E-state index is 13.4. The lowest BCUT2D eigenvalue weighted by atomic mass is 10.1. The van der Waals surface area contributed by atoms with Gasteiger partial charge in [-0.2, -0.15) is 0 Å². The second-order valence-electron chi connectivity index (χ2n) is 7.19. The zero-order valence-electron chi connectivity index (χ0n) is 18.0. The summed E-state index contributed by atoms with van der Waals surface area (Å²) in [5.41, 5.74) is 3.02. The Kier molecular flexibility index (Phi) is 6.30. The van der Waals surface area contributed by atoms with E-state index in [2.05, 4.69) is 10.3 Å². The predicted molar refractivity (Wildman–Crippen MR) is 126 cm³/mol. The SMILES string of the molecule is COCc1cc(C)nc2sc(C(=O)c3ccccc3)c(NC(=O)c3ccccc3OC)c12. The number of rotatable bonds is 7. The molecule has 0 fully saturated rings. The average Bonchev–Trinajstić information content (AvgIpc) is 3.17. The van der Waals surface area contributed by atoms with Crippen LogP contribution in [0.1, 0.15) is 36.9 Å². The second kappa shape index (κ2) is 9.30. The summed E-state index contributed by atoms with van der Waals surface area (Å²) in [5.74, 6) is -0.0929. The van der Waals surface area contributed by atoms with E-state index in [9.17, 15) is 9.59 Å². The van der Waals surface area contributed by atoms with Gasteiger partial charge in [-0.1, -0.05) is 42.5 Å². The topological polar surface area (TPSA) is 77.5 Å². The third-order valence-corrected chi connectivity index (χ3v) is 6.09. The first kappa shape index (κ1) is 21.7. The molecule has 7 heteroatoms. The number of methoxy groups -OCH3 is 2. The van der Waals surface area contributed by atoms with Gasteiger partial charge in [0.1, 0.15) is 15.5 Å². The zero-order chi connectivity index (χ0) is 22.7. The summed E-state index contributed by atoms with van der Waals surface area (Å²) in [4.78, 5) is 32.4. The first-order valence-corrected chi connectivity index (χ1v) is 10.8. The van der Waals surface area contributed by atoms with Crippen molar-refractivity contribution in [2.45, 2.75) is 13.5 Å². The molecule has 162 valence electrons. The Morgan fingerprint density at radius 3 is 2.47 bits per heavy atom. The number of aromatic nitrogens is 1. The lowest BCUT2D eigenvalue weighted by molar-refractivity contribution is 0.102. The summed E-state index contributed by atoms with van der Waals surface area (Å²) in [6.45, 7) is 2.22. The van der Waals surface area contributed by atoms with Gasteiger partial charge in [-0.15, -0.1) is 11.3 Å². The molecule has 1 N–H and O–H groups in total. The van der Waals surface area contributed by atoms with Gasteiger partial charge in [0, 0.05) is 23.8 Å². The van der Waals surface area contributed by atoms with Gasteiger partial charge < -0.3 is 14.8 Å². The van der Waals surface area contributed by atoms with Gasteiger partial charge in [-0.25, -0.2) is 4.98 Å². The number of hydrogen-bond donors (Lipinski definition) is 1. The summed E-state index contributed by atoms with van der Waals surface area (Å²) in [6.07, 6.45) is 0. The van der Waals surface area contributed by atoms with Crippen molar-refractivity contribution in [1.29, 1.82) is 0 Å². The number of para-hydroxylation sites is 1. The van der Waals surface area contributed by atoms with Gasteiger partial charge in [-0.3, -0.25) is 9.59 Å². The fraction of sp³-hybridized carbons (Fsp3) is 0.160. The van der Waals surface area contributed by atoms with Crippen LogP contribution in [0.4, 0.5) is 5.69 Å². The molecular formula is C25H22N2O4S. The molecule has 0 aliphatic carbocycles. The van der Waals surface area contributed by atoms with E-state index >= 15 is 0 Å². The molecule has 32 heavy (non-hydrogen) atoms. The number of hydrogen-bond acceptors (Lipinski definition) is 6. The number of pyridine rings is 1. The van der Waals surface area contributed by atoms with Crippen molar-refractivity contribution in [3.63, 3.8) is 0 Å². The highest BCUT2D eigenvalue weighted by Gasteiger charge is 2.25. The first-order chi connectivity index (χ1) is 15.5. The largest absolute Gasteiger partial charge is 0.496 e. The minimum Gasteiger partial charge on any atom is -0.496 e. The van der Waals surface area contributed by atoms with E-state index in [1.54, 1.807) is 43.5 Å². The van der Waals surface area contributed by atoms with Crippen LogP contribution in [0.15, 0.2) is 60.7 Å². The lowest BCUT2D eigenvalue weighted by Gasteiger charge is -2.12. The number of thiophene rings is 1. The Morgan fingerprint density at radius 1 is 1.03 bits per heavy atom. The summed E-state index contributed by atoms with van der Waals surface area (Å²) in [5, 5.41) is 3.68. The van der Waals surface area contributed by atoms with Gasteiger partial charge in [-0.05, 0) is 30.7 Å². The normalized spacial score (nSPS) is 10.8. The molecule has 0 saturated heterocycles. The van der Waals surface area contributed by atoms with Gasteiger partial charge in [0.05, 0.1) is 25.0 Å². The number of aryl methyl sites for hydroxylation is 1. The molecule has 0 unspecified atom stereocenters. The number of carbonyl (C=O) groups is 2. The van der Waals surface area contributed by atoms with E-state index in [1.165, 1.54) is 18.4 Å². The van der Waals surface area contributed by atoms with E-state index in [0.29, 0.717) is 44.3 Å². The van der Waals surface area contributed by atoms with E-state index < -0.39 is 0 Å². The predicted octanol–water partition coefficient (Wildman–Crippen LogP) is 5.24. The standard InChI is InChI=1S/C25H22N2O4S/c1-15-13-17(14-30-2)20-21(27-24(29)18-11-7-8-12-19(18)31-3)23(32-25(20)26-15)22(28)16-9-5-4-6-10-16/h4-13H,14H2,1-3H3,(H,27,29). The van der Waals surface area contributed by atoms with Crippen molar-refractivity contribution in [3.8, 4) is 5.75 Å². The minimum absolute atomic E-state index is 0.176. The lowest BCUT2D eigenvalue weighted by Crippen LogP contribution is -2.15. The average molecular weight is 447 g/mol. The number of benzene rings is 2. The summed E-state index contributed by atoms with van der Waals surface area (Å²) < 4.78 is 10.7. The molecule has 0 saturated carbocycles. The number of fused-ring (bicyclic) bond motifs is 1. The van der Waals surface area contributed by atoms with Crippen LogP contribution in [0.5, 0.6) is 5.75 Å². The van der Waals surface area contributed by atoms with Crippen molar-refractivity contribution in [3.05, 3.63) is 87.9 Å². The van der Waals surface area contributed by atoms with E-state index in [4.69, 9.17) is 9.47 Å². The molecule has 6 nitrogen and oxygen atoms in total. The quantitative estimate of drug-likeness (QED) is 0.393. The number of anilines is 1. The molecule has 0 bridgehead atoms. The van der Waals surface area contributed by atoms with Gasteiger partial charge in [0.25, 0.3) is 5.91 Å². The third kappa shape index (κ3) is 4.12. The zero-order valence-corrected chi connectivity index (χ0v) is 18.8. The molecule has 4 aromatic rings. The number of ether oxygens (including phenoxy) is 2. The van der Waals surface area contributed by atoms with Crippen molar-refractivity contribution in [2.75, 3.05) is 19.5 Å². The van der Waals surface area contributed by atoms with Crippen LogP contribution in [0.2, 0.25) is 0 Å². The second-order valence-corrected chi connectivity index (χ2v) is 8.19. The maximum Gasteiger partial charge on any atom is 0.259 e. The van der Waals surface area contributed by atoms with E-state index in [-0.39, 0.29) is 11.7 Å². The van der Waals surface area contributed by atoms with Crippen LogP contribution < -0.4 is 10.1 Å². The Bertz CT molecular complexity index is 1300. The molecule has 1 amide bonds. The number of nitrogens with one attached hydrogen (secondary N) is 1. The van der Waals surface area contributed by atoms with Crippen molar-refractivity contribution < 1.29 is 19.1 Å². The summed E-state index contributed by atoms with van der Waals surface area (Å²) >= 11 is 1.27. The molecule has 0 spiro atoms. The fourth-order valence-electron chi connectivity index (χ4n) is 3.59. The molecule has 0 aliphatic rings. The van der Waals surface area contributed by atoms with E-state index in [1.807, 2.05) is 31.2 Å². The molecule has 0 radical (unpaired) electrons. The van der Waals surface area contributed by atoms with Crippen molar-refractivity contribution in [2.24, 2.45) is 0 Å². The van der Waals surface area contributed by atoms with Crippen LogP contribution >= 0.6 is 11.3 Å². The van der Waals surface area contributed by atoms with Gasteiger partial charge in [0.15, 0.2) is 0 Å². The Morgan fingerprint density at radius 2 is 1.75 bits per heavy atom. The highest BCUT2D eigenvalue weighted by atomic mass is 32.1. The van der Waals surface area contributed by atoms with E-state index in [0.717, 1.165) is 11.3 Å². The molecular weight excluding hydrogens is 424 g/mol. The number of carbonyl (C=O) groups excluding carboxylic acids is 2. The highest BCUT2D eigenvalue weighted by molar-refractivity contribution is 7.21. The smallest absolute Gasteiger partial charge is 0.259 e. The highest BCUT2D eigenvalue weighted by Crippen LogP contribution is 2.39. The van der Waals surface area contributed by atoms with Gasteiger partial charge in [0.2, 0.25) is 5.78 Å². The minimum atomic E-state index is -0.367. The van der Waals surface area contributed by atoms with Crippen LogP contribution in [0.25, 0.3) is 10.2 Å². The van der Waals surface area contributed by atoms with Crippen LogP contribution in [-0.4, -0.2) is 30.9 Å². The van der Waals surface area contributed by atoms with Crippen LogP contribution in [-0.2, 0) is 11.3 Å². The monoisotopic (exact) mass is 446 g/mol. The van der Waals surface area contributed by atoms with Crippen molar-refractivity contribution >= 4 is 38.9 Å². The van der Waals surface area contributed by atoms with Crippen molar-refractivity contribution in [1.82, 2.24) is 4.98 Å². The number of amides is 1. The third-order valence-electron chi connectivity index (χ3n) is 5.00. The Balaban J connectivity index is 1.90.